The van der Waals surface area contributed by atoms with Gasteiger partial charge in [-0.2, -0.15) is 5.10 Å². The van der Waals surface area contributed by atoms with Crippen molar-refractivity contribution < 1.29 is 9.53 Å². The van der Waals surface area contributed by atoms with Gasteiger partial charge in [0.25, 0.3) is 0 Å². The van der Waals surface area contributed by atoms with E-state index in [0.29, 0.717) is 25.0 Å². The summed E-state index contributed by atoms with van der Waals surface area (Å²) >= 11 is 0. The lowest BCUT2D eigenvalue weighted by Gasteiger charge is -2.38. The lowest BCUT2D eigenvalue weighted by atomic mass is 9.84. The number of amides is 1. The maximum Gasteiger partial charge on any atom is 0.410 e. The van der Waals surface area contributed by atoms with Crippen molar-refractivity contribution in [1.29, 1.82) is 0 Å². The monoisotopic (exact) mass is 559 g/mol. The molecule has 0 unspecified atom stereocenters. The third kappa shape index (κ3) is 7.06. The van der Waals surface area contributed by atoms with Crippen LogP contribution in [0.5, 0.6) is 0 Å². The highest BCUT2D eigenvalue weighted by Crippen LogP contribution is 2.33. The van der Waals surface area contributed by atoms with Crippen LogP contribution in [0.3, 0.4) is 0 Å². The fourth-order valence-electron chi connectivity index (χ4n) is 6.87. The van der Waals surface area contributed by atoms with E-state index in [1.165, 1.54) is 42.6 Å². The summed E-state index contributed by atoms with van der Waals surface area (Å²) in [5, 5.41) is 4.61. The summed E-state index contributed by atoms with van der Waals surface area (Å²) in [4.78, 5) is 19.7. The Morgan fingerprint density at radius 3 is 2.20 bits per heavy atom. The summed E-state index contributed by atoms with van der Waals surface area (Å²) in [7, 11) is 0. The first-order valence-corrected chi connectivity index (χ1v) is 15.4. The number of piperazine rings is 1. The first kappa shape index (κ1) is 29.4. The van der Waals surface area contributed by atoms with Gasteiger partial charge in [0, 0.05) is 50.2 Å². The average molecular weight is 560 g/mol. The molecule has 2 fully saturated rings. The van der Waals surface area contributed by atoms with Gasteiger partial charge in [-0.15, -0.1) is 0 Å². The number of fused-ring (bicyclic) bond motifs is 1. The van der Waals surface area contributed by atoms with E-state index >= 15 is 0 Å². The van der Waals surface area contributed by atoms with Crippen LogP contribution in [-0.4, -0.2) is 76.4 Å². The third-order valence-corrected chi connectivity index (χ3v) is 8.66. The Kier molecular flexibility index (Phi) is 8.38. The Labute approximate surface area is 246 Å². The number of carbonyl (C=O) groups excluding carboxylic acids is 1. The fraction of sp³-hybridized carbons (Fsp3) is 0.588. The second kappa shape index (κ2) is 11.7. The van der Waals surface area contributed by atoms with Crippen LogP contribution in [-0.2, 0) is 4.74 Å². The molecular weight excluding hydrogens is 510 g/mol. The molecular formula is C34H49N5O2. The van der Waals surface area contributed by atoms with Crippen LogP contribution < -0.4 is 4.90 Å². The highest BCUT2D eigenvalue weighted by atomic mass is 16.6. The van der Waals surface area contributed by atoms with Crippen LogP contribution in [0.4, 0.5) is 10.5 Å². The molecule has 2 aromatic heterocycles. The molecule has 0 spiro atoms. The Hall–Kier alpha value is -3.06. The molecule has 7 nitrogen and oxygen atoms in total. The van der Waals surface area contributed by atoms with Crippen LogP contribution in [0.1, 0.15) is 79.2 Å². The molecule has 0 radical (unpaired) electrons. The molecule has 7 heteroatoms. The number of ether oxygens (including phenoxy) is 1. The molecule has 2 aliphatic heterocycles. The second-order valence-electron chi connectivity index (χ2n) is 14.1. The van der Waals surface area contributed by atoms with Crippen LogP contribution in [0, 0.1) is 5.41 Å². The molecule has 41 heavy (non-hydrogen) atoms. The standard InChI is InChI=1S/C34H49N5O2/c1-25(2)36-16-13-28(14-17-36)26-8-10-27(11-9-26)29-22-31-30(12-15-35-39(31)23-29)37-18-20-38(21-19-37)32(40)41-34(6,7)24-33(3,4)5/h8-12,15,22-23,25,28H,13-14,16-21,24H2,1-7H3. The number of piperidine rings is 1. The van der Waals surface area contributed by atoms with Crippen LogP contribution in [0.15, 0.2) is 48.8 Å². The predicted octanol–water partition coefficient (Wildman–Crippen LogP) is 7.06. The van der Waals surface area contributed by atoms with Crippen LogP contribution in [0.25, 0.3) is 16.6 Å². The lowest BCUT2D eigenvalue weighted by Crippen LogP contribution is -2.50. The molecule has 222 valence electrons. The smallest absolute Gasteiger partial charge is 0.410 e. The number of anilines is 1. The highest BCUT2D eigenvalue weighted by molar-refractivity contribution is 5.80. The summed E-state index contributed by atoms with van der Waals surface area (Å²) in [5.41, 5.74) is 5.70. The van der Waals surface area contributed by atoms with E-state index in [9.17, 15) is 4.79 Å². The van der Waals surface area contributed by atoms with Gasteiger partial charge in [-0.05, 0) is 94.6 Å². The number of benzene rings is 1. The highest BCUT2D eigenvalue weighted by Gasteiger charge is 2.32. The summed E-state index contributed by atoms with van der Waals surface area (Å²) in [6, 6.07) is 14.2. The zero-order valence-electron chi connectivity index (χ0n) is 26.2. The largest absolute Gasteiger partial charge is 0.443 e. The van der Waals surface area contributed by atoms with E-state index in [4.69, 9.17) is 4.74 Å². The molecule has 0 saturated carbocycles. The van der Waals surface area contributed by atoms with Crippen molar-refractivity contribution in [1.82, 2.24) is 19.4 Å². The van der Waals surface area contributed by atoms with E-state index in [0.717, 1.165) is 30.7 Å². The van der Waals surface area contributed by atoms with Crippen molar-refractivity contribution in [2.24, 2.45) is 5.41 Å². The number of aromatic nitrogens is 2. The molecule has 1 amide bonds. The van der Waals surface area contributed by atoms with Crippen molar-refractivity contribution >= 4 is 17.3 Å². The van der Waals surface area contributed by atoms with Gasteiger partial charge in [-0.3, -0.25) is 0 Å². The fourth-order valence-corrected chi connectivity index (χ4v) is 6.87. The van der Waals surface area contributed by atoms with Gasteiger partial charge in [0.15, 0.2) is 0 Å². The minimum Gasteiger partial charge on any atom is -0.443 e. The first-order valence-electron chi connectivity index (χ1n) is 15.4. The van der Waals surface area contributed by atoms with Crippen molar-refractivity contribution in [3.8, 4) is 11.1 Å². The van der Waals surface area contributed by atoms with E-state index in [2.05, 4.69) is 92.1 Å². The molecule has 3 aromatic rings. The van der Waals surface area contributed by atoms with Gasteiger partial charge in [-0.1, -0.05) is 45.0 Å². The first-order chi connectivity index (χ1) is 19.4. The molecule has 1 aromatic carbocycles. The summed E-state index contributed by atoms with van der Waals surface area (Å²) in [5.74, 6) is 0.654. The predicted molar refractivity (Wildman–Crippen MR) is 168 cm³/mol. The molecule has 0 N–H and O–H groups in total. The number of hydrogen-bond donors (Lipinski definition) is 0. The summed E-state index contributed by atoms with van der Waals surface area (Å²) in [6.45, 7) is 20.3. The molecule has 0 aliphatic carbocycles. The second-order valence-corrected chi connectivity index (χ2v) is 14.1. The van der Waals surface area contributed by atoms with Gasteiger partial charge >= 0.3 is 6.09 Å². The molecule has 2 aliphatic rings. The van der Waals surface area contributed by atoms with E-state index in [1.807, 2.05) is 29.5 Å². The topological polar surface area (TPSA) is 53.3 Å². The van der Waals surface area contributed by atoms with E-state index < -0.39 is 5.60 Å². The van der Waals surface area contributed by atoms with Gasteiger partial charge in [-0.25, -0.2) is 9.31 Å². The van der Waals surface area contributed by atoms with Gasteiger partial charge in [0.2, 0.25) is 0 Å². The third-order valence-electron chi connectivity index (χ3n) is 8.66. The minimum absolute atomic E-state index is 0.0957. The van der Waals surface area contributed by atoms with Crippen molar-refractivity contribution in [3.63, 3.8) is 0 Å². The van der Waals surface area contributed by atoms with Crippen molar-refractivity contribution in [2.45, 2.75) is 85.3 Å². The molecule has 0 atom stereocenters. The number of rotatable bonds is 6. The Bertz CT molecular complexity index is 1320. The molecule has 0 bridgehead atoms. The van der Waals surface area contributed by atoms with Crippen LogP contribution >= 0.6 is 0 Å². The molecule has 5 rings (SSSR count). The van der Waals surface area contributed by atoms with Gasteiger partial charge in [0.1, 0.15) is 5.60 Å². The Morgan fingerprint density at radius 1 is 0.927 bits per heavy atom. The number of carbonyl (C=O) groups is 1. The average Bonchev–Trinajstić information content (AvgIpc) is 3.36. The molecule has 2 saturated heterocycles. The van der Waals surface area contributed by atoms with E-state index in [-0.39, 0.29) is 11.5 Å². The summed E-state index contributed by atoms with van der Waals surface area (Å²) in [6.07, 6.45) is 7.07. The normalized spacial score (nSPS) is 18.0. The van der Waals surface area contributed by atoms with Gasteiger partial charge < -0.3 is 19.4 Å². The number of nitrogens with zero attached hydrogens (tertiary/aromatic N) is 5. The van der Waals surface area contributed by atoms with E-state index in [1.54, 1.807) is 0 Å². The summed E-state index contributed by atoms with van der Waals surface area (Å²) < 4.78 is 7.91. The Balaban J connectivity index is 1.23. The lowest BCUT2D eigenvalue weighted by molar-refractivity contribution is -0.0103. The van der Waals surface area contributed by atoms with Crippen molar-refractivity contribution in [2.75, 3.05) is 44.2 Å². The van der Waals surface area contributed by atoms with Gasteiger partial charge in [0.05, 0.1) is 11.2 Å². The van der Waals surface area contributed by atoms with Crippen molar-refractivity contribution in [3.05, 3.63) is 54.4 Å². The zero-order chi connectivity index (χ0) is 29.4. The van der Waals surface area contributed by atoms with Crippen LogP contribution in [0.2, 0.25) is 0 Å². The number of hydrogen-bond acceptors (Lipinski definition) is 5. The zero-order valence-corrected chi connectivity index (χ0v) is 26.2. The SMILES string of the molecule is CC(C)N1CCC(c2ccc(-c3cc4c(N5CCN(C(=O)OC(C)(C)CC(C)(C)C)CC5)ccnn4c3)cc2)CC1. The maximum atomic E-state index is 13.0. The minimum atomic E-state index is -0.490. The number of likely N-dealkylation sites (tertiary alicyclic amines) is 1. The maximum absolute atomic E-state index is 13.0. The molecule has 4 heterocycles. The quantitative estimate of drug-likeness (QED) is 0.324. The Morgan fingerprint density at radius 2 is 1.59 bits per heavy atom.